The van der Waals surface area contributed by atoms with E-state index in [1.165, 1.54) is 22.2 Å². The Balaban J connectivity index is 0.000000479. The molecular formula is C21H18F5N5O5S. The Hall–Kier alpha value is -4.05. The van der Waals surface area contributed by atoms with E-state index in [4.69, 9.17) is 20.4 Å². The third-order valence-electron chi connectivity index (χ3n) is 4.78. The van der Waals surface area contributed by atoms with Gasteiger partial charge < -0.3 is 20.9 Å². The number of thiophene rings is 1. The number of carboxylic acid groups (broad SMARTS) is 1. The molecule has 4 N–H and O–H groups in total. The maximum Gasteiger partial charge on any atom is 0.490 e. The number of aromatic nitrogens is 3. The Morgan fingerprint density at radius 3 is 2.54 bits per heavy atom. The number of halogens is 5. The Bertz CT molecular complexity index is 1390. The lowest BCUT2D eigenvalue weighted by Crippen LogP contribution is -2.27. The largest absolute Gasteiger partial charge is 0.490 e. The van der Waals surface area contributed by atoms with Crippen molar-refractivity contribution < 1.29 is 41.4 Å². The number of carbonyl (C=O) groups is 2. The molecule has 1 aromatic carbocycles. The fraction of sp³-hybridized carbons (Fsp3) is 0.238. The molecule has 0 radical (unpaired) electrons. The maximum atomic E-state index is 12.8. The molecule has 4 rings (SSSR count). The van der Waals surface area contributed by atoms with Crippen molar-refractivity contribution in [3.8, 4) is 16.2 Å². The number of carbonyl (C=O) groups excluding carboxylic acids is 1. The summed E-state index contributed by atoms with van der Waals surface area (Å²) in [5.74, 6) is -2.35. The van der Waals surface area contributed by atoms with Gasteiger partial charge in [0, 0.05) is 21.9 Å². The first kappa shape index (κ1) is 27.5. The second-order valence-electron chi connectivity index (χ2n) is 7.38. The number of nitrogens with zero attached hydrogens (tertiary/aromatic N) is 3. The van der Waals surface area contributed by atoms with Gasteiger partial charge in [0.15, 0.2) is 6.61 Å². The molecule has 10 nitrogen and oxygen atoms in total. The number of rotatable bonds is 6. The predicted octanol–water partition coefficient (Wildman–Crippen LogP) is 2.90. The number of alkyl halides is 3. The second kappa shape index (κ2) is 11.3. The number of fused-ring (bicyclic) bond motifs is 1. The van der Waals surface area contributed by atoms with Gasteiger partial charge in [0.25, 0.3) is 12.0 Å². The quantitative estimate of drug-likeness (QED) is 0.403. The van der Waals surface area contributed by atoms with Crippen molar-refractivity contribution >= 4 is 28.9 Å². The second-order valence-corrected chi connectivity index (χ2v) is 8.55. The lowest BCUT2D eigenvalue weighted by atomic mass is 10.1. The van der Waals surface area contributed by atoms with Crippen LogP contribution in [0, 0.1) is 0 Å². The van der Waals surface area contributed by atoms with Gasteiger partial charge in [-0.1, -0.05) is 0 Å². The topological polar surface area (TPSA) is 141 Å². The van der Waals surface area contributed by atoms with Gasteiger partial charge in [-0.05, 0) is 35.9 Å². The number of anilines is 1. The number of hydrogen-bond donors (Lipinski definition) is 3. The van der Waals surface area contributed by atoms with Gasteiger partial charge in [-0.3, -0.25) is 9.36 Å². The number of nitrogens with two attached hydrogens (primary N) is 1. The van der Waals surface area contributed by atoms with Crippen LogP contribution in [0.3, 0.4) is 0 Å². The number of benzene rings is 1. The summed E-state index contributed by atoms with van der Waals surface area (Å²) in [6.45, 7) is -0.433. The molecule has 0 unspecified atom stereocenters. The van der Waals surface area contributed by atoms with E-state index in [1.807, 2.05) is 24.3 Å². The van der Waals surface area contributed by atoms with Crippen LogP contribution in [-0.4, -0.2) is 50.7 Å². The van der Waals surface area contributed by atoms with Gasteiger partial charge in [-0.25, -0.2) is 14.3 Å². The van der Waals surface area contributed by atoms with Gasteiger partial charge in [-0.2, -0.15) is 27.1 Å². The van der Waals surface area contributed by atoms with E-state index in [2.05, 4.69) is 10.4 Å². The Morgan fingerprint density at radius 1 is 1.22 bits per heavy atom. The van der Waals surface area contributed by atoms with E-state index in [-0.39, 0.29) is 37.7 Å². The average molecular weight is 547 g/mol. The van der Waals surface area contributed by atoms with Crippen molar-refractivity contribution in [3.05, 3.63) is 63.7 Å². The minimum atomic E-state index is -5.08. The molecule has 16 heteroatoms. The van der Waals surface area contributed by atoms with Crippen LogP contribution < -0.4 is 21.5 Å². The van der Waals surface area contributed by atoms with Crippen LogP contribution in [0.4, 0.5) is 27.6 Å². The Labute approximate surface area is 208 Å². The smallest absolute Gasteiger partial charge is 0.482 e. The predicted molar refractivity (Wildman–Crippen MR) is 121 cm³/mol. The summed E-state index contributed by atoms with van der Waals surface area (Å²) in [6, 6.07) is 9.31. The molecule has 37 heavy (non-hydrogen) atoms. The standard InChI is InChI=1S/C19H17F2N5O3S.C2HF3O2/c20-18(21)12(6-22)7-26-19(28)25(10-23-26)8-13-2-4-16(30-13)11-1-3-15-14(5-11)24-17(27)9-29-15;3-2(4,5)1(6)7/h1-5,10H,6-9,22H2,(H,24,27);(H,6,7). The highest BCUT2D eigenvalue weighted by Gasteiger charge is 2.38. The Morgan fingerprint density at radius 2 is 1.92 bits per heavy atom. The molecule has 0 saturated heterocycles. The number of nitrogens with one attached hydrogen (secondary N) is 1. The summed E-state index contributed by atoms with van der Waals surface area (Å²) in [5.41, 5.74) is 5.98. The highest BCUT2D eigenvalue weighted by Crippen LogP contribution is 2.35. The molecule has 3 aromatic rings. The molecule has 2 aromatic heterocycles. The highest BCUT2D eigenvalue weighted by molar-refractivity contribution is 7.15. The Kier molecular flexibility index (Phi) is 8.44. The fourth-order valence-corrected chi connectivity index (χ4v) is 4.00. The van der Waals surface area contributed by atoms with Gasteiger partial charge in [-0.15, -0.1) is 11.3 Å². The third kappa shape index (κ3) is 7.01. The van der Waals surface area contributed by atoms with Crippen molar-refractivity contribution in [1.82, 2.24) is 14.3 Å². The number of ether oxygens (including phenoxy) is 1. The monoisotopic (exact) mass is 547 g/mol. The normalized spacial score (nSPS) is 12.5. The van der Waals surface area contributed by atoms with E-state index in [0.717, 1.165) is 20.0 Å². The molecule has 0 fully saturated rings. The van der Waals surface area contributed by atoms with E-state index >= 15 is 0 Å². The van der Waals surface area contributed by atoms with E-state index < -0.39 is 23.9 Å². The van der Waals surface area contributed by atoms with Crippen LogP contribution in [-0.2, 0) is 22.7 Å². The first-order valence-electron chi connectivity index (χ1n) is 10.2. The maximum absolute atomic E-state index is 12.8. The zero-order chi connectivity index (χ0) is 27.3. The van der Waals surface area contributed by atoms with Crippen LogP contribution in [0.15, 0.2) is 53.1 Å². The lowest BCUT2D eigenvalue weighted by molar-refractivity contribution is -0.192. The third-order valence-corrected chi connectivity index (χ3v) is 5.90. The summed E-state index contributed by atoms with van der Waals surface area (Å²) in [4.78, 5) is 34.7. The summed E-state index contributed by atoms with van der Waals surface area (Å²) in [5, 5.41) is 13.8. The molecule has 1 aliphatic rings. The molecule has 3 heterocycles. The molecule has 0 spiro atoms. The van der Waals surface area contributed by atoms with Crippen molar-refractivity contribution in [1.29, 1.82) is 0 Å². The van der Waals surface area contributed by atoms with Crippen molar-refractivity contribution in [2.75, 3.05) is 18.5 Å². The number of carboxylic acids is 1. The number of aliphatic carboxylic acids is 1. The van der Waals surface area contributed by atoms with Crippen molar-refractivity contribution in [3.63, 3.8) is 0 Å². The van der Waals surface area contributed by atoms with Gasteiger partial charge in [0.2, 0.25) is 0 Å². The van der Waals surface area contributed by atoms with Crippen LogP contribution in [0.1, 0.15) is 4.88 Å². The minimum absolute atomic E-state index is 0.00152. The average Bonchev–Trinajstić information content (AvgIpc) is 3.44. The molecule has 1 aliphatic heterocycles. The summed E-state index contributed by atoms with van der Waals surface area (Å²) in [7, 11) is 0. The highest BCUT2D eigenvalue weighted by atomic mass is 32.1. The molecule has 0 saturated carbocycles. The molecule has 198 valence electrons. The van der Waals surface area contributed by atoms with E-state index in [1.54, 1.807) is 6.07 Å². The summed E-state index contributed by atoms with van der Waals surface area (Å²) in [6.07, 6.45) is -5.66. The van der Waals surface area contributed by atoms with Crippen LogP contribution in [0.2, 0.25) is 0 Å². The summed E-state index contributed by atoms with van der Waals surface area (Å²) < 4.78 is 65.0. The first-order chi connectivity index (χ1) is 17.4. The van der Waals surface area contributed by atoms with Crippen molar-refractivity contribution in [2.24, 2.45) is 5.73 Å². The molecular weight excluding hydrogens is 529 g/mol. The van der Waals surface area contributed by atoms with Gasteiger partial charge in [0.05, 0.1) is 18.8 Å². The van der Waals surface area contributed by atoms with Gasteiger partial charge in [0.1, 0.15) is 12.1 Å². The molecule has 0 bridgehead atoms. The molecule has 0 atom stereocenters. The number of hydrogen-bond acceptors (Lipinski definition) is 7. The number of amides is 1. The van der Waals surface area contributed by atoms with Crippen molar-refractivity contribution in [2.45, 2.75) is 19.3 Å². The van der Waals surface area contributed by atoms with E-state index in [9.17, 15) is 31.5 Å². The minimum Gasteiger partial charge on any atom is -0.482 e. The zero-order valence-corrected chi connectivity index (χ0v) is 19.4. The van der Waals surface area contributed by atoms with Crippen LogP contribution in [0.5, 0.6) is 5.75 Å². The van der Waals surface area contributed by atoms with E-state index in [0.29, 0.717) is 11.4 Å². The van der Waals surface area contributed by atoms with Gasteiger partial charge >= 0.3 is 17.8 Å². The zero-order valence-electron chi connectivity index (χ0n) is 18.6. The molecule has 1 amide bonds. The molecule has 0 aliphatic carbocycles. The lowest BCUT2D eigenvalue weighted by Gasteiger charge is -2.18. The summed E-state index contributed by atoms with van der Waals surface area (Å²) >= 11 is 1.47. The first-order valence-corrected chi connectivity index (χ1v) is 11.0. The van der Waals surface area contributed by atoms with Crippen LogP contribution >= 0.6 is 11.3 Å². The fourth-order valence-electron chi connectivity index (χ4n) is 2.99. The SMILES string of the molecule is NCC(Cn1ncn(Cc2ccc(-c3ccc4c(c3)NC(=O)CO4)s2)c1=O)=C(F)F.O=C(O)C(F)(F)F. The van der Waals surface area contributed by atoms with Crippen LogP contribution in [0.25, 0.3) is 10.4 Å².